The van der Waals surface area contributed by atoms with E-state index in [9.17, 15) is 9.18 Å². The second-order valence-corrected chi connectivity index (χ2v) is 5.43. The van der Waals surface area contributed by atoms with Crippen LogP contribution >= 0.6 is 11.8 Å². The molecule has 1 amide bonds. The summed E-state index contributed by atoms with van der Waals surface area (Å²) in [7, 11) is 0. The predicted molar refractivity (Wildman–Crippen MR) is 71.2 cm³/mol. The van der Waals surface area contributed by atoms with Gasteiger partial charge in [-0.1, -0.05) is 0 Å². The maximum absolute atomic E-state index is 12.7. The Kier molecular flexibility index (Phi) is 4.60. The average Bonchev–Trinajstić information content (AvgIpc) is 2.38. The zero-order chi connectivity index (χ0) is 13.0. The summed E-state index contributed by atoms with van der Waals surface area (Å²) in [5.41, 5.74) is 0. The number of thioether (sulfide) groups is 1. The first-order valence-electron chi connectivity index (χ1n) is 6.05. The standard InChI is InChI=1S/C13H17FN2OS/c1-10-8-15-6-7-16(10)13(17)9-18-12-4-2-11(14)3-5-12/h2-5,10,15H,6-9H2,1H3/t10-/m0/s1. The van der Waals surface area contributed by atoms with Gasteiger partial charge in [-0.2, -0.15) is 0 Å². The van der Waals surface area contributed by atoms with Crippen LogP contribution < -0.4 is 5.32 Å². The van der Waals surface area contributed by atoms with E-state index in [0.29, 0.717) is 5.75 Å². The fourth-order valence-corrected chi connectivity index (χ4v) is 2.75. The molecule has 18 heavy (non-hydrogen) atoms. The molecule has 3 nitrogen and oxygen atoms in total. The van der Waals surface area contributed by atoms with E-state index in [1.807, 2.05) is 11.8 Å². The summed E-state index contributed by atoms with van der Waals surface area (Å²) in [5.74, 6) is 0.315. The van der Waals surface area contributed by atoms with Gasteiger partial charge in [-0.15, -0.1) is 11.8 Å². The van der Waals surface area contributed by atoms with Gasteiger partial charge < -0.3 is 10.2 Å². The smallest absolute Gasteiger partial charge is 0.233 e. The minimum absolute atomic E-state index is 0.151. The lowest BCUT2D eigenvalue weighted by molar-refractivity contribution is -0.131. The van der Waals surface area contributed by atoms with E-state index in [-0.39, 0.29) is 17.8 Å². The molecular formula is C13H17FN2OS. The molecule has 5 heteroatoms. The molecule has 2 rings (SSSR count). The molecule has 1 atom stereocenters. The third-order valence-electron chi connectivity index (χ3n) is 3.00. The maximum Gasteiger partial charge on any atom is 0.233 e. The Morgan fingerprint density at radius 2 is 2.22 bits per heavy atom. The monoisotopic (exact) mass is 268 g/mol. The summed E-state index contributed by atoms with van der Waals surface area (Å²) in [6.45, 7) is 4.53. The average molecular weight is 268 g/mol. The normalized spacial score (nSPS) is 19.9. The highest BCUT2D eigenvalue weighted by atomic mass is 32.2. The number of nitrogens with zero attached hydrogens (tertiary/aromatic N) is 1. The summed E-state index contributed by atoms with van der Waals surface area (Å²) >= 11 is 1.45. The minimum atomic E-state index is -0.249. The Bertz CT molecular complexity index is 410. The molecule has 1 aromatic rings. The lowest BCUT2D eigenvalue weighted by Crippen LogP contribution is -2.52. The molecular weight excluding hydrogens is 251 g/mol. The van der Waals surface area contributed by atoms with Crippen LogP contribution in [0.1, 0.15) is 6.92 Å². The van der Waals surface area contributed by atoms with Crippen molar-refractivity contribution in [2.75, 3.05) is 25.4 Å². The molecule has 0 bridgehead atoms. The highest BCUT2D eigenvalue weighted by molar-refractivity contribution is 8.00. The van der Waals surface area contributed by atoms with Crippen LogP contribution in [-0.4, -0.2) is 42.2 Å². The maximum atomic E-state index is 12.7. The van der Waals surface area contributed by atoms with E-state index in [1.54, 1.807) is 12.1 Å². The molecule has 1 heterocycles. The van der Waals surface area contributed by atoms with Crippen molar-refractivity contribution in [2.45, 2.75) is 17.9 Å². The molecule has 0 radical (unpaired) electrons. The summed E-state index contributed by atoms with van der Waals surface area (Å²) in [5, 5.41) is 3.26. The summed E-state index contributed by atoms with van der Waals surface area (Å²) in [6.07, 6.45) is 0. The fraction of sp³-hybridized carbons (Fsp3) is 0.462. The van der Waals surface area contributed by atoms with Gasteiger partial charge in [0.25, 0.3) is 0 Å². The van der Waals surface area contributed by atoms with Gasteiger partial charge in [0.05, 0.1) is 5.75 Å². The molecule has 1 aliphatic heterocycles. The summed E-state index contributed by atoms with van der Waals surface area (Å²) in [4.78, 5) is 14.9. The Labute approximate surface area is 111 Å². The van der Waals surface area contributed by atoms with E-state index in [0.717, 1.165) is 24.5 Å². The van der Waals surface area contributed by atoms with E-state index >= 15 is 0 Å². The van der Waals surface area contributed by atoms with Gasteiger partial charge in [0.2, 0.25) is 5.91 Å². The molecule has 98 valence electrons. The Balaban J connectivity index is 1.85. The van der Waals surface area contributed by atoms with Crippen LogP contribution in [0.4, 0.5) is 4.39 Å². The largest absolute Gasteiger partial charge is 0.337 e. The highest BCUT2D eigenvalue weighted by Gasteiger charge is 2.22. The number of amides is 1. The third kappa shape index (κ3) is 3.46. The number of benzene rings is 1. The quantitative estimate of drug-likeness (QED) is 0.848. The van der Waals surface area contributed by atoms with Crippen molar-refractivity contribution in [3.05, 3.63) is 30.1 Å². The number of hydrogen-bond acceptors (Lipinski definition) is 3. The van der Waals surface area contributed by atoms with Gasteiger partial charge in [-0.25, -0.2) is 4.39 Å². The first-order valence-corrected chi connectivity index (χ1v) is 7.04. The van der Waals surface area contributed by atoms with E-state index in [2.05, 4.69) is 5.32 Å². The van der Waals surface area contributed by atoms with Crippen molar-refractivity contribution in [3.63, 3.8) is 0 Å². The summed E-state index contributed by atoms with van der Waals surface area (Å²) < 4.78 is 12.7. The van der Waals surface area contributed by atoms with Crippen molar-refractivity contribution >= 4 is 17.7 Å². The Hall–Kier alpha value is -1.07. The second-order valence-electron chi connectivity index (χ2n) is 4.38. The van der Waals surface area contributed by atoms with Crippen LogP contribution in [0.25, 0.3) is 0 Å². The van der Waals surface area contributed by atoms with Crippen LogP contribution in [0, 0.1) is 5.82 Å². The van der Waals surface area contributed by atoms with Crippen LogP contribution in [0.5, 0.6) is 0 Å². The zero-order valence-corrected chi connectivity index (χ0v) is 11.2. The van der Waals surface area contributed by atoms with E-state index < -0.39 is 0 Å². The van der Waals surface area contributed by atoms with Crippen LogP contribution in [0.2, 0.25) is 0 Å². The first kappa shape index (κ1) is 13.4. The van der Waals surface area contributed by atoms with Crippen LogP contribution in [0.15, 0.2) is 29.2 Å². The molecule has 1 fully saturated rings. The number of carbonyl (C=O) groups excluding carboxylic acids is 1. The van der Waals surface area contributed by atoms with Crippen molar-refractivity contribution in [1.82, 2.24) is 10.2 Å². The molecule has 1 aromatic carbocycles. The van der Waals surface area contributed by atoms with Crippen LogP contribution in [-0.2, 0) is 4.79 Å². The molecule has 0 unspecified atom stereocenters. The van der Waals surface area contributed by atoms with Crippen molar-refractivity contribution in [3.8, 4) is 0 Å². The number of carbonyl (C=O) groups is 1. The Morgan fingerprint density at radius 1 is 1.50 bits per heavy atom. The minimum Gasteiger partial charge on any atom is -0.337 e. The lowest BCUT2D eigenvalue weighted by Gasteiger charge is -2.33. The van der Waals surface area contributed by atoms with Crippen LogP contribution in [0.3, 0.4) is 0 Å². The summed E-state index contributed by atoms with van der Waals surface area (Å²) in [6, 6.07) is 6.49. The molecule has 1 N–H and O–H groups in total. The SMILES string of the molecule is C[C@H]1CNCCN1C(=O)CSc1ccc(F)cc1. The van der Waals surface area contributed by atoms with E-state index in [1.165, 1.54) is 23.9 Å². The number of piperazine rings is 1. The van der Waals surface area contributed by atoms with Gasteiger partial charge >= 0.3 is 0 Å². The van der Waals surface area contributed by atoms with Gasteiger partial charge in [0, 0.05) is 30.6 Å². The predicted octanol–water partition coefficient (Wildman–Crippen LogP) is 1.74. The van der Waals surface area contributed by atoms with Gasteiger partial charge in [-0.05, 0) is 31.2 Å². The van der Waals surface area contributed by atoms with Crippen molar-refractivity contribution < 1.29 is 9.18 Å². The van der Waals surface area contributed by atoms with Gasteiger partial charge in [0.15, 0.2) is 0 Å². The lowest BCUT2D eigenvalue weighted by atomic mass is 10.2. The number of hydrogen-bond donors (Lipinski definition) is 1. The fourth-order valence-electron chi connectivity index (χ4n) is 1.97. The van der Waals surface area contributed by atoms with Gasteiger partial charge in [0.1, 0.15) is 5.82 Å². The number of rotatable bonds is 3. The number of nitrogens with one attached hydrogen (secondary N) is 1. The topological polar surface area (TPSA) is 32.3 Å². The number of halogens is 1. The van der Waals surface area contributed by atoms with Crippen molar-refractivity contribution in [1.29, 1.82) is 0 Å². The first-order chi connectivity index (χ1) is 8.66. The molecule has 0 spiro atoms. The molecule has 0 saturated carbocycles. The Morgan fingerprint density at radius 3 is 2.89 bits per heavy atom. The molecule has 1 aliphatic rings. The van der Waals surface area contributed by atoms with Crippen molar-refractivity contribution in [2.24, 2.45) is 0 Å². The molecule has 0 aromatic heterocycles. The van der Waals surface area contributed by atoms with E-state index in [4.69, 9.17) is 0 Å². The third-order valence-corrected chi connectivity index (χ3v) is 3.99. The zero-order valence-electron chi connectivity index (χ0n) is 10.4. The molecule has 0 aliphatic carbocycles. The van der Waals surface area contributed by atoms with Gasteiger partial charge in [-0.3, -0.25) is 4.79 Å². The molecule has 1 saturated heterocycles. The highest BCUT2D eigenvalue weighted by Crippen LogP contribution is 2.19. The second kappa shape index (κ2) is 6.20.